The van der Waals surface area contributed by atoms with Crippen LogP contribution in [0.25, 0.3) is 22.0 Å². The fourth-order valence-corrected chi connectivity index (χ4v) is 7.71. The van der Waals surface area contributed by atoms with E-state index in [1.54, 1.807) is 41.1 Å². The first-order valence-electron chi connectivity index (χ1n) is 14.2. The van der Waals surface area contributed by atoms with E-state index in [0.717, 1.165) is 23.6 Å². The zero-order chi connectivity index (χ0) is 31.0. The summed E-state index contributed by atoms with van der Waals surface area (Å²) in [5, 5.41) is 13.3. The lowest BCUT2D eigenvalue weighted by atomic mass is 9.91. The van der Waals surface area contributed by atoms with E-state index in [-0.39, 0.29) is 54.6 Å². The molecular formula is C31H36F3N3O4SSi. The molecule has 0 atom stereocenters. The molecule has 1 saturated heterocycles. The highest BCUT2D eigenvalue weighted by Crippen LogP contribution is 2.38. The Balaban J connectivity index is 1.42. The predicted octanol–water partition coefficient (Wildman–Crippen LogP) is 6.71. The van der Waals surface area contributed by atoms with Gasteiger partial charge in [0.1, 0.15) is 18.2 Å². The molecule has 0 unspecified atom stereocenters. The van der Waals surface area contributed by atoms with Crippen molar-refractivity contribution in [1.82, 2.24) is 13.9 Å². The summed E-state index contributed by atoms with van der Waals surface area (Å²) in [6.07, 6.45) is -2.80. The van der Waals surface area contributed by atoms with Gasteiger partial charge in [-0.25, -0.2) is 13.4 Å². The van der Waals surface area contributed by atoms with E-state index >= 15 is 0 Å². The molecule has 0 amide bonds. The number of halogens is 3. The number of nitrogens with zero attached hydrogens (tertiary/aromatic N) is 3. The van der Waals surface area contributed by atoms with Gasteiger partial charge in [0.25, 0.3) is 0 Å². The van der Waals surface area contributed by atoms with Crippen molar-refractivity contribution >= 4 is 28.9 Å². The van der Waals surface area contributed by atoms with Crippen molar-refractivity contribution in [2.75, 3.05) is 19.7 Å². The Hall–Kier alpha value is -3.03. The summed E-state index contributed by atoms with van der Waals surface area (Å²) >= 11 is 0. The summed E-state index contributed by atoms with van der Waals surface area (Å²) in [5.41, 5.74) is -1.77. The van der Waals surface area contributed by atoms with Gasteiger partial charge in [0, 0.05) is 44.9 Å². The molecule has 1 aliphatic heterocycles. The van der Waals surface area contributed by atoms with Gasteiger partial charge in [-0.2, -0.15) is 17.5 Å². The van der Waals surface area contributed by atoms with Crippen LogP contribution in [0.4, 0.5) is 13.2 Å². The maximum atomic E-state index is 13.7. The zero-order valence-corrected chi connectivity index (χ0v) is 26.3. The van der Waals surface area contributed by atoms with Gasteiger partial charge in [-0.1, -0.05) is 68.2 Å². The number of aromatic nitrogens is 2. The van der Waals surface area contributed by atoms with Crippen LogP contribution in [0.3, 0.4) is 0 Å². The Bertz CT molecular complexity index is 1700. The number of ether oxygens (including phenoxy) is 1. The van der Waals surface area contributed by atoms with Crippen molar-refractivity contribution in [2.45, 2.75) is 61.9 Å². The van der Waals surface area contributed by atoms with Gasteiger partial charge in [0.05, 0.1) is 16.2 Å². The van der Waals surface area contributed by atoms with Crippen molar-refractivity contribution in [1.29, 1.82) is 0 Å². The maximum Gasteiger partial charge on any atom is 0.416 e. The predicted molar refractivity (Wildman–Crippen MR) is 163 cm³/mol. The summed E-state index contributed by atoms with van der Waals surface area (Å²) in [4.78, 5) is 4.83. The number of piperidine rings is 1. The van der Waals surface area contributed by atoms with Gasteiger partial charge in [-0.15, -0.1) is 0 Å². The Morgan fingerprint density at radius 2 is 1.67 bits per heavy atom. The number of imidazole rings is 1. The molecular weight excluding hydrogens is 596 g/mol. The summed E-state index contributed by atoms with van der Waals surface area (Å²) in [6, 6.07) is 18.3. The second-order valence-corrected chi connectivity index (χ2v) is 19.8. The molecule has 12 heteroatoms. The number of hydrogen-bond donors (Lipinski definition) is 1. The van der Waals surface area contributed by atoms with E-state index in [1.165, 1.54) is 10.4 Å². The molecule has 1 aliphatic rings. The van der Waals surface area contributed by atoms with Crippen LogP contribution < -0.4 is 0 Å². The van der Waals surface area contributed by atoms with Gasteiger partial charge in [0.15, 0.2) is 0 Å². The molecule has 0 aliphatic carbocycles. The smallest absolute Gasteiger partial charge is 0.382 e. The first-order valence-corrected chi connectivity index (χ1v) is 19.4. The topological polar surface area (TPSA) is 84.7 Å². The van der Waals surface area contributed by atoms with Gasteiger partial charge in [-0.05, 0) is 42.5 Å². The van der Waals surface area contributed by atoms with Gasteiger partial charge < -0.3 is 14.4 Å². The number of rotatable bonds is 9. The second-order valence-electron chi connectivity index (χ2n) is 12.3. The number of aliphatic hydroxyl groups is 1. The molecule has 3 aromatic carbocycles. The van der Waals surface area contributed by atoms with Crippen molar-refractivity contribution in [3.05, 3.63) is 84.3 Å². The van der Waals surface area contributed by atoms with Crippen LogP contribution in [0.5, 0.6) is 0 Å². The lowest BCUT2D eigenvalue weighted by Crippen LogP contribution is -2.46. The second kappa shape index (κ2) is 11.8. The molecule has 4 aromatic rings. The minimum atomic E-state index is -4.51. The molecule has 1 fully saturated rings. The Kier molecular flexibility index (Phi) is 8.62. The molecule has 7 nitrogen and oxygen atoms in total. The quantitative estimate of drug-likeness (QED) is 0.164. The Morgan fingerprint density at radius 1 is 1.00 bits per heavy atom. The molecule has 0 spiro atoms. The normalized spacial score (nSPS) is 16.5. The Morgan fingerprint density at radius 3 is 2.37 bits per heavy atom. The molecule has 0 bridgehead atoms. The molecule has 0 radical (unpaired) electrons. The molecule has 230 valence electrons. The molecule has 5 rings (SSSR count). The van der Waals surface area contributed by atoms with Gasteiger partial charge >= 0.3 is 6.18 Å². The number of alkyl halides is 3. The minimum Gasteiger partial charge on any atom is -0.382 e. The number of fused-ring (bicyclic) bond motifs is 1. The fourth-order valence-electron chi connectivity index (χ4n) is 5.30. The minimum absolute atomic E-state index is 0.0459. The fraction of sp³-hybridized carbons (Fsp3) is 0.387. The standard InChI is InChI=1S/C31H36F3N3O4SSi/c1-43(2,3)19-18-41-22-36-21-27(24-10-6-11-25(20-24)31(32,33)34)35-29(36)30(38)14-16-37(17-15-30)42(39,40)28-13-7-9-23-8-4-5-12-26(23)28/h4-13,20-21,38H,14-19,22H2,1-3H3. The van der Waals surface area contributed by atoms with Gasteiger partial charge in [0.2, 0.25) is 10.0 Å². The van der Waals surface area contributed by atoms with Crippen LogP contribution >= 0.6 is 0 Å². The van der Waals surface area contributed by atoms with Crippen molar-refractivity contribution < 1.29 is 31.4 Å². The van der Waals surface area contributed by atoms with Crippen LogP contribution in [0.1, 0.15) is 24.2 Å². The summed E-state index contributed by atoms with van der Waals surface area (Å²) in [7, 11) is -5.22. The van der Waals surface area contributed by atoms with Crippen LogP contribution in [-0.2, 0) is 33.3 Å². The number of hydrogen-bond acceptors (Lipinski definition) is 5. The van der Waals surface area contributed by atoms with E-state index < -0.39 is 35.4 Å². The lowest BCUT2D eigenvalue weighted by Gasteiger charge is -2.37. The van der Waals surface area contributed by atoms with Gasteiger partial charge in [-0.3, -0.25) is 0 Å². The van der Waals surface area contributed by atoms with Crippen LogP contribution in [0.15, 0.2) is 77.8 Å². The number of sulfonamides is 1. The van der Waals surface area contributed by atoms with E-state index in [2.05, 4.69) is 24.6 Å². The lowest BCUT2D eigenvalue weighted by molar-refractivity contribution is -0.137. The third-order valence-corrected chi connectivity index (χ3v) is 11.5. The third kappa shape index (κ3) is 6.88. The largest absolute Gasteiger partial charge is 0.416 e. The van der Waals surface area contributed by atoms with Crippen molar-refractivity contribution in [3.8, 4) is 11.3 Å². The molecule has 43 heavy (non-hydrogen) atoms. The monoisotopic (exact) mass is 631 g/mol. The van der Waals surface area contributed by atoms with Crippen molar-refractivity contribution in [2.24, 2.45) is 0 Å². The molecule has 2 heterocycles. The van der Waals surface area contributed by atoms with E-state index in [4.69, 9.17) is 4.74 Å². The maximum absolute atomic E-state index is 13.7. The highest BCUT2D eigenvalue weighted by Gasteiger charge is 2.42. The molecule has 1 aromatic heterocycles. The molecule has 1 N–H and O–H groups in total. The molecule has 0 saturated carbocycles. The van der Waals surface area contributed by atoms with Crippen LogP contribution in [0, 0.1) is 0 Å². The van der Waals surface area contributed by atoms with Crippen LogP contribution in [-0.4, -0.2) is 55.2 Å². The van der Waals surface area contributed by atoms with Crippen molar-refractivity contribution in [3.63, 3.8) is 0 Å². The van der Waals surface area contributed by atoms with E-state index in [1.807, 2.05) is 18.2 Å². The first-order chi connectivity index (χ1) is 20.2. The van der Waals surface area contributed by atoms with E-state index in [9.17, 15) is 26.7 Å². The summed E-state index contributed by atoms with van der Waals surface area (Å²) in [6.45, 7) is 7.34. The SMILES string of the molecule is C[Si](C)(C)CCOCn1cc(-c2cccc(C(F)(F)F)c2)nc1C1(O)CCN(S(=O)(=O)c2cccc3ccccc23)CC1. The Labute approximate surface area is 251 Å². The average Bonchev–Trinajstić information content (AvgIpc) is 3.40. The van der Waals surface area contributed by atoms with E-state index in [0.29, 0.717) is 12.0 Å². The first kappa shape index (κ1) is 31.4. The third-order valence-electron chi connectivity index (χ3n) is 7.82. The summed E-state index contributed by atoms with van der Waals surface area (Å²) < 4.78 is 76.6. The average molecular weight is 632 g/mol. The zero-order valence-electron chi connectivity index (χ0n) is 24.4. The summed E-state index contributed by atoms with van der Waals surface area (Å²) in [5.74, 6) is 0.245. The number of benzene rings is 3. The highest BCUT2D eigenvalue weighted by atomic mass is 32.2. The highest BCUT2D eigenvalue weighted by molar-refractivity contribution is 7.89. The van der Waals surface area contributed by atoms with Crippen LogP contribution in [0.2, 0.25) is 25.7 Å².